The van der Waals surface area contributed by atoms with Crippen molar-refractivity contribution >= 4 is 11.3 Å². The van der Waals surface area contributed by atoms with Crippen molar-refractivity contribution in [2.75, 3.05) is 11.4 Å². The van der Waals surface area contributed by atoms with E-state index in [9.17, 15) is 8.78 Å². The van der Waals surface area contributed by atoms with Gasteiger partial charge in [0, 0.05) is 31.1 Å². The molecule has 0 saturated heterocycles. The minimum atomic E-state index is -2.49. The summed E-state index contributed by atoms with van der Waals surface area (Å²) in [7, 11) is 0. The van der Waals surface area contributed by atoms with E-state index in [2.05, 4.69) is 37.1 Å². The second-order valence-electron chi connectivity index (χ2n) is 6.45. The summed E-state index contributed by atoms with van der Waals surface area (Å²) in [5, 5.41) is 0. The number of rotatable bonds is 6. The Labute approximate surface area is 138 Å². The Morgan fingerprint density at radius 1 is 1.35 bits per heavy atom. The quantitative estimate of drug-likeness (QED) is 0.594. The summed E-state index contributed by atoms with van der Waals surface area (Å²) in [6, 6.07) is 6.39. The van der Waals surface area contributed by atoms with Crippen LogP contribution in [0.2, 0.25) is 0 Å². The first kappa shape index (κ1) is 17.7. The Bertz CT molecular complexity index is 567. The molecular formula is C20H27F2N. The van der Waals surface area contributed by atoms with Crippen molar-refractivity contribution in [3.8, 4) is 0 Å². The van der Waals surface area contributed by atoms with Gasteiger partial charge in [0.1, 0.15) is 0 Å². The first-order chi connectivity index (χ1) is 10.9. The summed E-state index contributed by atoms with van der Waals surface area (Å²) in [5.41, 5.74) is 4.51. The minimum Gasteiger partial charge on any atom is -0.369 e. The Morgan fingerprint density at radius 3 is 2.52 bits per heavy atom. The summed E-state index contributed by atoms with van der Waals surface area (Å²) in [6.07, 6.45) is 3.74. The fourth-order valence-electron chi connectivity index (χ4n) is 3.56. The van der Waals surface area contributed by atoms with Gasteiger partial charge in [0.15, 0.2) is 0 Å². The van der Waals surface area contributed by atoms with E-state index in [4.69, 9.17) is 0 Å². The van der Waals surface area contributed by atoms with Gasteiger partial charge in [0.2, 0.25) is 5.92 Å². The SMILES string of the molecule is C=CCc1c(C(=C)C)cccc1N(CC)C1CCC(F)(F)CC1. The second-order valence-corrected chi connectivity index (χ2v) is 6.45. The fourth-order valence-corrected chi connectivity index (χ4v) is 3.56. The minimum absolute atomic E-state index is 0.00879. The summed E-state index contributed by atoms with van der Waals surface area (Å²) in [5.74, 6) is -2.49. The molecule has 0 N–H and O–H groups in total. The maximum absolute atomic E-state index is 13.5. The molecule has 1 aromatic rings. The highest BCUT2D eigenvalue weighted by atomic mass is 19.3. The van der Waals surface area contributed by atoms with E-state index in [-0.39, 0.29) is 18.9 Å². The third-order valence-electron chi connectivity index (χ3n) is 4.74. The van der Waals surface area contributed by atoms with Gasteiger partial charge in [-0.3, -0.25) is 0 Å². The molecule has 1 aliphatic carbocycles. The smallest absolute Gasteiger partial charge is 0.248 e. The summed E-state index contributed by atoms with van der Waals surface area (Å²) in [6.45, 7) is 12.9. The van der Waals surface area contributed by atoms with Crippen molar-refractivity contribution in [1.29, 1.82) is 0 Å². The number of benzene rings is 1. The molecule has 1 aliphatic rings. The van der Waals surface area contributed by atoms with Crippen LogP contribution in [0, 0.1) is 0 Å². The number of nitrogens with zero attached hydrogens (tertiary/aromatic N) is 1. The van der Waals surface area contributed by atoms with Crippen LogP contribution in [0.1, 0.15) is 50.7 Å². The molecule has 1 saturated carbocycles. The van der Waals surface area contributed by atoms with Crippen molar-refractivity contribution in [2.45, 2.75) is 57.9 Å². The lowest BCUT2D eigenvalue weighted by molar-refractivity contribution is -0.0380. The van der Waals surface area contributed by atoms with Crippen LogP contribution in [0.3, 0.4) is 0 Å². The molecule has 126 valence electrons. The van der Waals surface area contributed by atoms with Crippen LogP contribution in [0.25, 0.3) is 5.57 Å². The zero-order valence-corrected chi connectivity index (χ0v) is 14.2. The Kier molecular flexibility index (Phi) is 5.61. The molecule has 23 heavy (non-hydrogen) atoms. The summed E-state index contributed by atoms with van der Waals surface area (Å²) < 4.78 is 26.9. The van der Waals surface area contributed by atoms with Gasteiger partial charge in [-0.05, 0) is 50.3 Å². The lowest BCUT2D eigenvalue weighted by atomic mass is 9.89. The van der Waals surface area contributed by atoms with Crippen molar-refractivity contribution in [1.82, 2.24) is 0 Å². The maximum Gasteiger partial charge on any atom is 0.248 e. The highest BCUT2D eigenvalue weighted by Crippen LogP contribution is 2.38. The Balaban J connectivity index is 2.36. The van der Waals surface area contributed by atoms with Crippen molar-refractivity contribution in [3.05, 3.63) is 48.6 Å². The summed E-state index contributed by atoms with van der Waals surface area (Å²) in [4.78, 5) is 2.29. The van der Waals surface area contributed by atoms with E-state index in [1.54, 1.807) is 0 Å². The molecule has 0 aliphatic heterocycles. The van der Waals surface area contributed by atoms with E-state index < -0.39 is 5.92 Å². The largest absolute Gasteiger partial charge is 0.369 e. The molecule has 0 radical (unpaired) electrons. The molecule has 3 heteroatoms. The number of allylic oxidation sites excluding steroid dienone is 2. The molecule has 1 aromatic carbocycles. The zero-order chi connectivity index (χ0) is 17.0. The topological polar surface area (TPSA) is 3.24 Å². The van der Waals surface area contributed by atoms with Crippen molar-refractivity contribution in [2.24, 2.45) is 0 Å². The van der Waals surface area contributed by atoms with Gasteiger partial charge in [0.05, 0.1) is 0 Å². The number of alkyl halides is 2. The summed E-state index contributed by atoms with van der Waals surface area (Å²) >= 11 is 0. The van der Waals surface area contributed by atoms with E-state index in [1.165, 1.54) is 5.56 Å². The lowest BCUT2D eigenvalue weighted by Crippen LogP contribution is -2.41. The van der Waals surface area contributed by atoms with Gasteiger partial charge < -0.3 is 4.90 Å². The normalized spacial score (nSPS) is 17.7. The number of halogens is 2. The third kappa shape index (κ3) is 4.01. The molecule has 0 aromatic heterocycles. The van der Waals surface area contributed by atoms with Crippen LogP contribution in [0.15, 0.2) is 37.4 Å². The predicted octanol–water partition coefficient (Wildman–Crippen LogP) is 5.85. The van der Waals surface area contributed by atoms with Crippen LogP contribution in [0.5, 0.6) is 0 Å². The highest BCUT2D eigenvalue weighted by Gasteiger charge is 2.37. The molecule has 2 rings (SSSR count). The van der Waals surface area contributed by atoms with Crippen LogP contribution < -0.4 is 4.90 Å². The molecule has 0 amide bonds. The molecular weight excluding hydrogens is 292 g/mol. The van der Waals surface area contributed by atoms with Crippen LogP contribution in [0.4, 0.5) is 14.5 Å². The molecule has 0 heterocycles. The van der Waals surface area contributed by atoms with Crippen LogP contribution in [-0.4, -0.2) is 18.5 Å². The molecule has 1 nitrogen and oxygen atoms in total. The monoisotopic (exact) mass is 319 g/mol. The standard InChI is InChI=1S/C20H27F2N/c1-5-8-18-17(15(3)4)9-7-10-19(18)23(6-2)16-11-13-20(21,22)14-12-16/h5,7,9-10,16H,1,3,6,8,11-14H2,2,4H3. The van der Waals surface area contributed by atoms with E-state index in [1.807, 2.05) is 19.1 Å². The van der Waals surface area contributed by atoms with Crippen LogP contribution >= 0.6 is 0 Å². The molecule has 0 unspecified atom stereocenters. The average Bonchev–Trinajstić information content (AvgIpc) is 2.50. The van der Waals surface area contributed by atoms with Gasteiger partial charge in [-0.15, -0.1) is 6.58 Å². The van der Waals surface area contributed by atoms with Gasteiger partial charge in [-0.25, -0.2) is 8.78 Å². The third-order valence-corrected chi connectivity index (χ3v) is 4.74. The van der Waals surface area contributed by atoms with E-state index in [0.717, 1.165) is 29.8 Å². The number of hydrogen-bond donors (Lipinski definition) is 0. The number of hydrogen-bond acceptors (Lipinski definition) is 1. The van der Waals surface area contributed by atoms with Gasteiger partial charge in [-0.1, -0.05) is 30.4 Å². The molecule has 0 atom stereocenters. The molecule has 1 fully saturated rings. The fraction of sp³-hybridized carbons (Fsp3) is 0.500. The Morgan fingerprint density at radius 2 is 2.00 bits per heavy atom. The first-order valence-electron chi connectivity index (χ1n) is 8.42. The van der Waals surface area contributed by atoms with Crippen LogP contribution in [-0.2, 0) is 6.42 Å². The number of anilines is 1. The zero-order valence-electron chi connectivity index (χ0n) is 14.2. The average molecular weight is 319 g/mol. The Hall–Kier alpha value is -1.64. The van der Waals surface area contributed by atoms with E-state index in [0.29, 0.717) is 12.8 Å². The maximum atomic E-state index is 13.5. The first-order valence-corrected chi connectivity index (χ1v) is 8.42. The van der Waals surface area contributed by atoms with E-state index >= 15 is 0 Å². The van der Waals surface area contributed by atoms with Crippen molar-refractivity contribution < 1.29 is 8.78 Å². The second kappa shape index (κ2) is 7.29. The van der Waals surface area contributed by atoms with Gasteiger partial charge in [0.25, 0.3) is 0 Å². The molecule has 0 bridgehead atoms. The lowest BCUT2D eigenvalue weighted by Gasteiger charge is -2.39. The molecule has 0 spiro atoms. The predicted molar refractivity (Wildman–Crippen MR) is 95.3 cm³/mol. The van der Waals surface area contributed by atoms with Gasteiger partial charge >= 0.3 is 0 Å². The highest BCUT2D eigenvalue weighted by molar-refractivity contribution is 5.72. The van der Waals surface area contributed by atoms with Gasteiger partial charge in [-0.2, -0.15) is 0 Å². The van der Waals surface area contributed by atoms with Crippen molar-refractivity contribution in [3.63, 3.8) is 0 Å².